The number of hydrogen-bond acceptors (Lipinski definition) is 3. The second-order valence-corrected chi connectivity index (χ2v) is 7.13. The van der Waals surface area contributed by atoms with Crippen LogP contribution in [-0.2, 0) is 19.6 Å². The molecule has 0 fully saturated rings. The Bertz CT molecular complexity index is 983. The number of nitrogens with zero attached hydrogens (tertiary/aromatic N) is 4. The van der Waals surface area contributed by atoms with E-state index in [1.54, 1.807) is 26.0 Å². The Morgan fingerprint density at radius 2 is 1.68 bits per heavy atom. The molecule has 2 aromatic carbocycles. The lowest BCUT2D eigenvalue weighted by Crippen LogP contribution is -2.37. The number of benzene rings is 2. The summed E-state index contributed by atoms with van der Waals surface area (Å²) in [6, 6.07) is 17.9. The molecule has 2 N–H and O–H groups in total. The van der Waals surface area contributed by atoms with Crippen molar-refractivity contribution in [3.63, 3.8) is 0 Å². The Morgan fingerprint density at radius 3 is 2.32 bits per heavy atom. The monoisotopic (exact) mass is 532 g/mol. The van der Waals surface area contributed by atoms with Gasteiger partial charge >= 0.3 is 0 Å². The molecule has 0 aliphatic carbocycles. The number of aromatic nitrogens is 2. The number of aliphatic imine (C=N–C) groups is 1. The molecule has 0 saturated heterocycles. The molecule has 0 aliphatic rings. The third-order valence-electron chi connectivity index (χ3n) is 4.70. The van der Waals surface area contributed by atoms with Crippen LogP contribution in [0.15, 0.2) is 72.0 Å². The zero-order valence-electron chi connectivity index (χ0n) is 18.1. The van der Waals surface area contributed by atoms with Gasteiger partial charge in [-0.05, 0) is 23.3 Å². The van der Waals surface area contributed by atoms with E-state index < -0.39 is 0 Å². The summed E-state index contributed by atoms with van der Waals surface area (Å²) in [5.74, 6) is 1.63. The van der Waals surface area contributed by atoms with Gasteiger partial charge in [0.25, 0.3) is 5.91 Å². The molecule has 31 heavy (non-hydrogen) atoms. The van der Waals surface area contributed by atoms with Gasteiger partial charge in [0, 0.05) is 52.2 Å². The molecule has 0 atom stereocenters. The number of hydrogen-bond donors (Lipinski definition) is 2. The van der Waals surface area contributed by atoms with E-state index in [0.29, 0.717) is 24.6 Å². The second-order valence-electron chi connectivity index (χ2n) is 7.13. The number of nitrogens with one attached hydrogen (secondary N) is 2. The van der Waals surface area contributed by atoms with Gasteiger partial charge in [-0.25, -0.2) is 4.98 Å². The van der Waals surface area contributed by atoms with Gasteiger partial charge in [0.2, 0.25) is 0 Å². The van der Waals surface area contributed by atoms with Crippen LogP contribution in [0.25, 0.3) is 0 Å². The molecule has 0 radical (unpaired) electrons. The molecule has 0 aliphatic heterocycles. The van der Waals surface area contributed by atoms with Crippen LogP contribution in [0, 0.1) is 0 Å². The Labute approximate surface area is 200 Å². The van der Waals surface area contributed by atoms with Crippen molar-refractivity contribution in [3.8, 4) is 0 Å². The minimum Gasteiger partial charge on any atom is -0.352 e. The zero-order valence-corrected chi connectivity index (χ0v) is 20.4. The summed E-state index contributed by atoms with van der Waals surface area (Å²) < 4.78 is 2.12. The molecule has 0 bridgehead atoms. The van der Waals surface area contributed by atoms with Gasteiger partial charge < -0.3 is 20.1 Å². The van der Waals surface area contributed by atoms with Crippen LogP contribution in [-0.4, -0.2) is 47.5 Å². The minimum absolute atomic E-state index is 0. The Kier molecular flexibility index (Phi) is 9.51. The van der Waals surface area contributed by atoms with Crippen molar-refractivity contribution in [2.75, 3.05) is 21.1 Å². The highest BCUT2D eigenvalue weighted by atomic mass is 127. The molecule has 164 valence electrons. The molecule has 1 aromatic heterocycles. The van der Waals surface area contributed by atoms with Crippen LogP contribution in [0.5, 0.6) is 0 Å². The smallest absolute Gasteiger partial charge is 0.253 e. The van der Waals surface area contributed by atoms with Gasteiger partial charge in [0.05, 0.1) is 6.54 Å². The van der Waals surface area contributed by atoms with Gasteiger partial charge in [-0.1, -0.05) is 42.5 Å². The van der Waals surface area contributed by atoms with Gasteiger partial charge in [-0.15, -0.1) is 24.0 Å². The van der Waals surface area contributed by atoms with Crippen LogP contribution >= 0.6 is 24.0 Å². The number of rotatable bonds is 7. The Hall–Kier alpha value is -2.88. The highest BCUT2D eigenvalue weighted by molar-refractivity contribution is 14.0. The normalized spacial score (nSPS) is 10.9. The first-order chi connectivity index (χ1) is 14.6. The van der Waals surface area contributed by atoms with Crippen molar-refractivity contribution in [1.82, 2.24) is 25.1 Å². The number of carbonyl (C=O) groups excluding carboxylic acids is 1. The summed E-state index contributed by atoms with van der Waals surface area (Å²) >= 11 is 0. The number of imidazole rings is 1. The largest absolute Gasteiger partial charge is 0.352 e. The molecule has 7 nitrogen and oxygen atoms in total. The van der Waals surface area contributed by atoms with E-state index in [4.69, 9.17) is 0 Å². The summed E-state index contributed by atoms with van der Waals surface area (Å²) in [4.78, 5) is 22.3. The van der Waals surface area contributed by atoms with Crippen LogP contribution in [0.4, 0.5) is 0 Å². The van der Waals surface area contributed by atoms with E-state index in [9.17, 15) is 4.79 Å². The fourth-order valence-electron chi connectivity index (χ4n) is 3.02. The van der Waals surface area contributed by atoms with Crippen molar-refractivity contribution in [1.29, 1.82) is 0 Å². The van der Waals surface area contributed by atoms with E-state index in [1.165, 1.54) is 5.56 Å². The summed E-state index contributed by atoms with van der Waals surface area (Å²) in [7, 11) is 5.24. The number of amides is 1. The molecular weight excluding hydrogens is 503 g/mol. The van der Waals surface area contributed by atoms with E-state index in [0.717, 1.165) is 17.9 Å². The molecule has 3 aromatic rings. The minimum atomic E-state index is -0.00186. The van der Waals surface area contributed by atoms with Crippen LogP contribution < -0.4 is 10.6 Å². The topological polar surface area (TPSA) is 74.6 Å². The SMILES string of the molecule is CN=C(NCc1ccc(C(=O)N(C)C)cc1)NCc1nccn1Cc1ccccc1.I. The first-order valence-electron chi connectivity index (χ1n) is 9.86. The maximum absolute atomic E-state index is 12.0. The second kappa shape index (κ2) is 12.1. The Balaban J connectivity index is 0.00000341. The van der Waals surface area contributed by atoms with Crippen LogP contribution in [0.3, 0.4) is 0 Å². The fourth-order valence-corrected chi connectivity index (χ4v) is 3.02. The van der Waals surface area contributed by atoms with E-state index in [1.807, 2.05) is 54.9 Å². The lowest BCUT2D eigenvalue weighted by atomic mass is 10.1. The maximum Gasteiger partial charge on any atom is 0.253 e. The average molecular weight is 532 g/mol. The van der Waals surface area contributed by atoms with Crippen LogP contribution in [0.2, 0.25) is 0 Å². The van der Waals surface area contributed by atoms with Crippen molar-refractivity contribution in [3.05, 3.63) is 89.5 Å². The van der Waals surface area contributed by atoms with Crippen molar-refractivity contribution < 1.29 is 4.79 Å². The van der Waals surface area contributed by atoms with Crippen molar-refractivity contribution in [2.45, 2.75) is 19.6 Å². The summed E-state index contributed by atoms with van der Waals surface area (Å²) in [5, 5.41) is 6.60. The number of guanidine groups is 1. The van der Waals surface area contributed by atoms with E-state index >= 15 is 0 Å². The maximum atomic E-state index is 12.0. The molecule has 0 saturated carbocycles. The molecule has 8 heteroatoms. The van der Waals surface area contributed by atoms with E-state index in [2.05, 4.69) is 37.3 Å². The number of halogens is 1. The molecule has 3 rings (SSSR count). The zero-order chi connectivity index (χ0) is 21.3. The third-order valence-corrected chi connectivity index (χ3v) is 4.70. The molecule has 1 amide bonds. The standard InChI is InChI=1S/C23H28N6O.HI/c1-24-23(26-15-18-9-11-20(12-10-18)22(30)28(2)3)27-16-21-25-13-14-29(21)17-19-7-5-4-6-8-19;/h4-14H,15-17H2,1-3H3,(H2,24,26,27);1H. The van der Waals surface area contributed by atoms with Gasteiger partial charge in [0.15, 0.2) is 5.96 Å². The average Bonchev–Trinajstić information content (AvgIpc) is 3.21. The summed E-state index contributed by atoms with van der Waals surface area (Å²) in [5.41, 5.74) is 2.98. The summed E-state index contributed by atoms with van der Waals surface area (Å²) in [6.45, 7) is 1.95. The first-order valence-corrected chi connectivity index (χ1v) is 9.86. The summed E-state index contributed by atoms with van der Waals surface area (Å²) in [6.07, 6.45) is 3.80. The predicted octanol–water partition coefficient (Wildman–Crippen LogP) is 3.12. The molecule has 0 spiro atoms. The van der Waals surface area contributed by atoms with Gasteiger partial charge in [-0.2, -0.15) is 0 Å². The number of carbonyl (C=O) groups is 1. The molecule has 0 unspecified atom stereocenters. The first kappa shape index (κ1) is 24.4. The highest BCUT2D eigenvalue weighted by Crippen LogP contribution is 2.07. The third kappa shape index (κ3) is 7.09. The van der Waals surface area contributed by atoms with E-state index in [-0.39, 0.29) is 29.9 Å². The lowest BCUT2D eigenvalue weighted by molar-refractivity contribution is 0.0827. The molecule has 1 heterocycles. The quantitative estimate of drug-likeness (QED) is 0.279. The van der Waals surface area contributed by atoms with Crippen molar-refractivity contribution in [2.24, 2.45) is 4.99 Å². The fraction of sp³-hybridized carbons (Fsp3) is 0.261. The van der Waals surface area contributed by atoms with Gasteiger partial charge in [0.1, 0.15) is 5.82 Å². The molecular formula is C23H29IN6O. The predicted molar refractivity (Wildman–Crippen MR) is 135 cm³/mol. The lowest BCUT2D eigenvalue weighted by Gasteiger charge is -2.14. The van der Waals surface area contributed by atoms with Crippen LogP contribution in [0.1, 0.15) is 27.3 Å². The van der Waals surface area contributed by atoms with Gasteiger partial charge in [-0.3, -0.25) is 9.79 Å². The Morgan fingerprint density at radius 1 is 1.00 bits per heavy atom. The van der Waals surface area contributed by atoms with Crippen molar-refractivity contribution >= 4 is 35.8 Å². The highest BCUT2D eigenvalue weighted by Gasteiger charge is 2.08.